The van der Waals surface area contributed by atoms with Gasteiger partial charge in [0.15, 0.2) is 0 Å². The molecule has 31 heavy (non-hydrogen) atoms. The molecular weight excluding hydrogens is 392 g/mol. The maximum absolute atomic E-state index is 12.7. The van der Waals surface area contributed by atoms with E-state index in [-0.39, 0.29) is 23.7 Å². The van der Waals surface area contributed by atoms with Gasteiger partial charge in [-0.05, 0) is 37.0 Å². The van der Waals surface area contributed by atoms with Crippen LogP contribution in [0.15, 0.2) is 43.0 Å². The summed E-state index contributed by atoms with van der Waals surface area (Å²) in [5.74, 6) is 1.15. The van der Waals surface area contributed by atoms with Crippen molar-refractivity contribution in [3.05, 3.63) is 54.4 Å². The number of nitrogens with zero attached hydrogens (tertiary/aromatic N) is 5. The lowest BCUT2D eigenvalue weighted by molar-refractivity contribution is -0.117. The van der Waals surface area contributed by atoms with Crippen LogP contribution in [-0.2, 0) is 4.79 Å². The van der Waals surface area contributed by atoms with Crippen LogP contribution in [0.2, 0.25) is 0 Å². The minimum absolute atomic E-state index is 0.0225. The van der Waals surface area contributed by atoms with E-state index in [1.165, 1.54) is 0 Å². The molecule has 160 valence electrons. The Morgan fingerprint density at radius 3 is 2.39 bits per heavy atom. The van der Waals surface area contributed by atoms with Crippen molar-refractivity contribution in [1.29, 1.82) is 0 Å². The summed E-state index contributed by atoms with van der Waals surface area (Å²) in [5, 5.41) is 2.95. The summed E-state index contributed by atoms with van der Waals surface area (Å²) in [6.07, 6.45) is 8.53. The monoisotopic (exact) mass is 418 g/mol. The number of anilines is 1. The van der Waals surface area contributed by atoms with E-state index in [0.29, 0.717) is 25.1 Å². The minimum Gasteiger partial charge on any atom is -0.339 e. The van der Waals surface area contributed by atoms with Crippen molar-refractivity contribution >= 4 is 28.5 Å². The summed E-state index contributed by atoms with van der Waals surface area (Å²) in [4.78, 5) is 44.1. The topological polar surface area (TPSA) is 101 Å². The van der Waals surface area contributed by atoms with Gasteiger partial charge < -0.3 is 10.2 Å². The molecule has 0 atom stereocenters. The van der Waals surface area contributed by atoms with Crippen LogP contribution in [0.5, 0.6) is 0 Å². The molecule has 2 aromatic heterocycles. The smallest absolute Gasteiger partial charge is 0.256 e. The number of hydrogen-bond acceptors (Lipinski definition) is 6. The van der Waals surface area contributed by atoms with Crippen molar-refractivity contribution in [3.8, 4) is 0 Å². The lowest BCUT2D eigenvalue weighted by Crippen LogP contribution is -2.39. The molecule has 1 fully saturated rings. The minimum atomic E-state index is -0.0459. The summed E-state index contributed by atoms with van der Waals surface area (Å²) >= 11 is 0. The normalized spacial score (nSPS) is 14.7. The van der Waals surface area contributed by atoms with Gasteiger partial charge in [0, 0.05) is 55.9 Å². The van der Waals surface area contributed by atoms with Crippen LogP contribution in [0.3, 0.4) is 0 Å². The number of piperidine rings is 1. The summed E-state index contributed by atoms with van der Waals surface area (Å²) in [5.41, 5.74) is 2.77. The van der Waals surface area contributed by atoms with Gasteiger partial charge in [0.25, 0.3) is 5.91 Å². The Labute approximate surface area is 181 Å². The third-order valence-corrected chi connectivity index (χ3v) is 5.56. The van der Waals surface area contributed by atoms with Gasteiger partial charge in [0.2, 0.25) is 5.91 Å². The highest BCUT2D eigenvalue weighted by Gasteiger charge is 2.25. The van der Waals surface area contributed by atoms with Gasteiger partial charge in [-0.1, -0.05) is 13.8 Å². The summed E-state index contributed by atoms with van der Waals surface area (Å²) in [7, 11) is 0. The van der Waals surface area contributed by atoms with Gasteiger partial charge in [0.05, 0.1) is 16.6 Å². The molecule has 8 nitrogen and oxygen atoms in total. The zero-order valence-corrected chi connectivity index (χ0v) is 17.8. The number of rotatable bonds is 5. The molecule has 1 aliphatic rings. The fraction of sp³-hybridized carbons (Fsp3) is 0.391. The molecule has 8 heteroatoms. The predicted molar refractivity (Wildman–Crippen MR) is 118 cm³/mol. The average Bonchev–Trinajstić information content (AvgIpc) is 2.79. The molecule has 3 aromatic rings. The Balaban J connectivity index is 1.28. The standard InChI is InChI=1S/C23H26N6O2/c1-15(2)22-26-13-17(14-27-22)23(31)29-9-5-16(6-10-29)11-21(30)28-18-3-4-19-20(12-18)25-8-7-24-19/h3-4,7-8,12-16H,5-6,9-11H2,1-2H3,(H,28,30). The Morgan fingerprint density at radius 2 is 1.71 bits per heavy atom. The SMILES string of the molecule is CC(C)c1ncc(C(=O)N2CCC(CC(=O)Nc3ccc4nccnc4c3)CC2)cn1. The zero-order chi connectivity index (χ0) is 21.8. The number of aromatic nitrogens is 4. The second-order valence-corrected chi connectivity index (χ2v) is 8.23. The Bertz CT molecular complexity index is 1070. The van der Waals surface area contributed by atoms with Crippen LogP contribution in [0.25, 0.3) is 11.0 Å². The molecule has 0 aliphatic carbocycles. The fourth-order valence-corrected chi connectivity index (χ4v) is 3.78. The maximum atomic E-state index is 12.7. The number of likely N-dealkylation sites (tertiary alicyclic amines) is 1. The molecule has 0 unspecified atom stereocenters. The van der Waals surface area contributed by atoms with E-state index in [1.54, 1.807) is 24.8 Å². The summed E-state index contributed by atoms with van der Waals surface area (Å²) in [6.45, 7) is 5.31. The lowest BCUT2D eigenvalue weighted by Gasteiger charge is -2.31. The van der Waals surface area contributed by atoms with Crippen LogP contribution in [-0.4, -0.2) is 49.7 Å². The van der Waals surface area contributed by atoms with Crippen molar-refractivity contribution in [2.75, 3.05) is 18.4 Å². The van der Waals surface area contributed by atoms with Crippen molar-refractivity contribution in [2.45, 2.75) is 39.0 Å². The highest BCUT2D eigenvalue weighted by molar-refractivity contribution is 5.94. The molecule has 3 heterocycles. The molecule has 2 amide bonds. The molecule has 1 saturated heterocycles. The molecule has 0 bridgehead atoms. The third-order valence-electron chi connectivity index (χ3n) is 5.56. The quantitative estimate of drug-likeness (QED) is 0.681. The van der Waals surface area contributed by atoms with Crippen molar-refractivity contribution in [3.63, 3.8) is 0 Å². The first-order chi connectivity index (χ1) is 15.0. The number of carbonyl (C=O) groups is 2. The van der Waals surface area contributed by atoms with E-state index in [1.807, 2.05) is 36.9 Å². The summed E-state index contributed by atoms with van der Waals surface area (Å²) in [6, 6.07) is 5.51. The molecule has 1 aliphatic heterocycles. The Morgan fingerprint density at radius 1 is 1.03 bits per heavy atom. The fourth-order valence-electron chi connectivity index (χ4n) is 3.78. The first kappa shape index (κ1) is 20.8. The molecule has 0 saturated carbocycles. The van der Waals surface area contributed by atoms with E-state index in [4.69, 9.17) is 0 Å². The van der Waals surface area contributed by atoms with Crippen molar-refractivity contribution < 1.29 is 9.59 Å². The van der Waals surface area contributed by atoms with Gasteiger partial charge in [-0.2, -0.15) is 0 Å². The van der Waals surface area contributed by atoms with E-state index >= 15 is 0 Å². The molecule has 4 rings (SSSR count). The number of hydrogen-bond donors (Lipinski definition) is 1. The third kappa shape index (κ3) is 5.02. The lowest BCUT2D eigenvalue weighted by atomic mass is 9.93. The maximum Gasteiger partial charge on any atom is 0.256 e. The average molecular weight is 419 g/mol. The highest BCUT2D eigenvalue weighted by Crippen LogP contribution is 2.23. The van der Waals surface area contributed by atoms with Crippen LogP contribution >= 0.6 is 0 Å². The molecule has 1 N–H and O–H groups in total. The predicted octanol–water partition coefficient (Wildman–Crippen LogP) is 3.42. The molecule has 1 aromatic carbocycles. The van der Waals surface area contributed by atoms with Crippen LogP contribution in [0.1, 0.15) is 55.2 Å². The van der Waals surface area contributed by atoms with Crippen molar-refractivity contribution in [2.24, 2.45) is 5.92 Å². The summed E-state index contributed by atoms with van der Waals surface area (Å²) < 4.78 is 0. The number of benzene rings is 1. The van der Waals surface area contributed by atoms with E-state index in [2.05, 4.69) is 25.3 Å². The van der Waals surface area contributed by atoms with Gasteiger partial charge in [-0.25, -0.2) is 9.97 Å². The first-order valence-corrected chi connectivity index (χ1v) is 10.6. The molecular formula is C23H26N6O2. The highest BCUT2D eigenvalue weighted by atomic mass is 16.2. The second-order valence-electron chi connectivity index (χ2n) is 8.23. The number of fused-ring (bicyclic) bond motifs is 1. The van der Waals surface area contributed by atoms with Crippen LogP contribution < -0.4 is 5.32 Å². The molecule has 0 radical (unpaired) electrons. The van der Waals surface area contributed by atoms with Gasteiger partial charge in [-0.3, -0.25) is 19.6 Å². The van der Waals surface area contributed by atoms with Gasteiger partial charge in [-0.15, -0.1) is 0 Å². The van der Waals surface area contributed by atoms with Crippen molar-refractivity contribution in [1.82, 2.24) is 24.8 Å². The van der Waals surface area contributed by atoms with E-state index in [0.717, 1.165) is 35.4 Å². The van der Waals surface area contributed by atoms with E-state index in [9.17, 15) is 9.59 Å². The first-order valence-electron chi connectivity index (χ1n) is 10.6. The van der Waals surface area contributed by atoms with Crippen LogP contribution in [0, 0.1) is 5.92 Å². The second kappa shape index (κ2) is 9.16. The van der Waals surface area contributed by atoms with Gasteiger partial charge in [0.1, 0.15) is 5.82 Å². The molecule has 0 spiro atoms. The van der Waals surface area contributed by atoms with Gasteiger partial charge >= 0.3 is 0 Å². The number of nitrogens with one attached hydrogen (secondary N) is 1. The van der Waals surface area contributed by atoms with E-state index < -0.39 is 0 Å². The Hall–Kier alpha value is -3.42. The largest absolute Gasteiger partial charge is 0.339 e. The number of amides is 2. The Kier molecular flexibility index (Phi) is 6.16. The zero-order valence-electron chi connectivity index (χ0n) is 17.8. The van der Waals surface area contributed by atoms with Crippen LogP contribution in [0.4, 0.5) is 5.69 Å². The number of carbonyl (C=O) groups excluding carboxylic acids is 2.